The van der Waals surface area contributed by atoms with Gasteiger partial charge in [0.05, 0.1) is 17.1 Å². The molecule has 126 valence electrons. The Morgan fingerprint density at radius 3 is 2.62 bits per heavy atom. The largest absolute Gasteiger partial charge is 0.480 e. The first kappa shape index (κ1) is 15.4. The Kier molecular flexibility index (Phi) is 3.66. The third-order valence-electron chi connectivity index (χ3n) is 5.02. The SMILES string of the molecule is CC(C)C1=NN(CC(=O)O)C(=C2CCC2)c2ccc(C3CC3)nc21. The van der Waals surface area contributed by atoms with Crippen molar-refractivity contribution in [3.05, 3.63) is 34.7 Å². The van der Waals surface area contributed by atoms with Crippen molar-refractivity contribution in [3.63, 3.8) is 0 Å². The minimum Gasteiger partial charge on any atom is -0.480 e. The fourth-order valence-electron chi connectivity index (χ4n) is 3.43. The number of hydrazone groups is 1. The molecular formula is C19H23N3O2. The van der Waals surface area contributed by atoms with Gasteiger partial charge < -0.3 is 5.11 Å². The molecule has 2 heterocycles. The van der Waals surface area contributed by atoms with Crippen LogP contribution in [0.4, 0.5) is 0 Å². The summed E-state index contributed by atoms with van der Waals surface area (Å²) in [5.74, 6) is -0.0548. The predicted octanol–water partition coefficient (Wildman–Crippen LogP) is 3.61. The smallest absolute Gasteiger partial charge is 0.325 e. The Balaban J connectivity index is 1.87. The van der Waals surface area contributed by atoms with Crippen LogP contribution in [0.1, 0.15) is 68.8 Å². The standard InChI is InChI=1S/C19H23N3O2/c1-11(2)17-18-14(8-9-15(20-18)12-6-7-12)19(13-4-3-5-13)22(21-17)10-16(23)24/h8-9,11-12H,3-7,10H2,1-2H3,(H,23,24). The number of allylic oxidation sites excluding steroid dienone is 1. The summed E-state index contributed by atoms with van der Waals surface area (Å²) >= 11 is 0. The molecule has 2 fully saturated rings. The molecule has 0 unspecified atom stereocenters. The molecule has 2 saturated carbocycles. The van der Waals surface area contributed by atoms with Crippen LogP contribution in [0, 0.1) is 5.92 Å². The molecule has 1 N–H and O–H groups in total. The molecule has 0 spiro atoms. The van der Waals surface area contributed by atoms with E-state index < -0.39 is 5.97 Å². The first-order chi connectivity index (χ1) is 11.5. The monoisotopic (exact) mass is 325 g/mol. The van der Waals surface area contributed by atoms with Crippen LogP contribution in [0.2, 0.25) is 0 Å². The van der Waals surface area contributed by atoms with Crippen LogP contribution in [-0.4, -0.2) is 33.3 Å². The van der Waals surface area contributed by atoms with E-state index >= 15 is 0 Å². The number of pyridine rings is 1. The number of hydrogen-bond donors (Lipinski definition) is 1. The number of carbonyl (C=O) groups is 1. The summed E-state index contributed by atoms with van der Waals surface area (Å²) < 4.78 is 0. The van der Waals surface area contributed by atoms with Crippen molar-refractivity contribution >= 4 is 17.4 Å². The molecule has 1 aliphatic heterocycles. The van der Waals surface area contributed by atoms with Crippen molar-refractivity contribution in [1.29, 1.82) is 0 Å². The summed E-state index contributed by atoms with van der Waals surface area (Å²) in [6, 6.07) is 4.26. The summed E-state index contributed by atoms with van der Waals surface area (Å²) in [7, 11) is 0. The molecule has 4 rings (SSSR count). The highest BCUT2D eigenvalue weighted by Crippen LogP contribution is 2.43. The third-order valence-corrected chi connectivity index (χ3v) is 5.02. The van der Waals surface area contributed by atoms with E-state index in [1.54, 1.807) is 5.01 Å². The summed E-state index contributed by atoms with van der Waals surface area (Å²) in [6.07, 6.45) is 5.67. The fourth-order valence-corrected chi connectivity index (χ4v) is 3.43. The van der Waals surface area contributed by atoms with Crippen molar-refractivity contribution < 1.29 is 9.90 Å². The normalized spacial score (nSPS) is 20.0. The van der Waals surface area contributed by atoms with Crippen molar-refractivity contribution in [3.8, 4) is 0 Å². The maximum absolute atomic E-state index is 11.3. The zero-order chi connectivity index (χ0) is 16.8. The van der Waals surface area contributed by atoms with E-state index in [-0.39, 0.29) is 12.5 Å². The van der Waals surface area contributed by atoms with E-state index in [2.05, 4.69) is 26.0 Å². The Morgan fingerprint density at radius 2 is 2.08 bits per heavy atom. The van der Waals surface area contributed by atoms with E-state index in [4.69, 9.17) is 10.1 Å². The predicted molar refractivity (Wildman–Crippen MR) is 92.7 cm³/mol. The van der Waals surface area contributed by atoms with Crippen LogP contribution in [0.5, 0.6) is 0 Å². The van der Waals surface area contributed by atoms with Crippen molar-refractivity contribution in [2.45, 2.75) is 51.9 Å². The maximum Gasteiger partial charge on any atom is 0.325 e. The van der Waals surface area contributed by atoms with Gasteiger partial charge in [0.25, 0.3) is 0 Å². The molecule has 0 radical (unpaired) electrons. The van der Waals surface area contributed by atoms with Gasteiger partial charge in [-0.3, -0.25) is 14.8 Å². The average Bonchev–Trinajstić information content (AvgIpc) is 3.30. The van der Waals surface area contributed by atoms with Gasteiger partial charge in [-0.25, -0.2) is 0 Å². The van der Waals surface area contributed by atoms with Crippen LogP contribution in [0.15, 0.2) is 22.8 Å². The average molecular weight is 325 g/mol. The second-order valence-corrected chi connectivity index (χ2v) is 7.30. The molecule has 2 aliphatic carbocycles. The zero-order valence-corrected chi connectivity index (χ0v) is 14.2. The summed E-state index contributed by atoms with van der Waals surface area (Å²) in [4.78, 5) is 16.3. The molecule has 1 aromatic heterocycles. The minimum absolute atomic E-state index is 0.0983. The molecule has 0 aromatic carbocycles. The number of aliphatic carboxylic acids is 1. The summed E-state index contributed by atoms with van der Waals surface area (Å²) in [5, 5.41) is 15.7. The molecular weight excluding hydrogens is 302 g/mol. The second-order valence-electron chi connectivity index (χ2n) is 7.30. The Bertz CT molecular complexity index is 754. The number of nitrogens with zero attached hydrogens (tertiary/aromatic N) is 3. The molecule has 1 aromatic rings. The Labute approximate surface area is 142 Å². The van der Waals surface area contributed by atoms with Gasteiger partial charge >= 0.3 is 5.97 Å². The molecule has 3 aliphatic rings. The fraction of sp³-hybridized carbons (Fsp3) is 0.526. The quantitative estimate of drug-likeness (QED) is 0.918. The molecule has 0 bridgehead atoms. The van der Waals surface area contributed by atoms with Crippen LogP contribution in [-0.2, 0) is 4.79 Å². The lowest BCUT2D eigenvalue weighted by Gasteiger charge is -2.34. The number of carboxylic acids is 1. The summed E-state index contributed by atoms with van der Waals surface area (Å²) in [5.41, 5.74) is 6.38. The van der Waals surface area contributed by atoms with E-state index in [0.717, 1.165) is 41.2 Å². The molecule has 0 atom stereocenters. The number of aromatic nitrogens is 1. The zero-order valence-electron chi connectivity index (χ0n) is 14.2. The van der Waals surface area contributed by atoms with Gasteiger partial charge in [0.1, 0.15) is 6.54 Å². The topological polar surface area (TPSA) is 65.8 Å². The lowest BCUT2D eigenvalue weighted by atomic mass is 9.85. The number of hydrogen-bond acceptors (Lipinski definition) is 4. The highest BCUT2D eigenvalue weighted by Gasteiger charge is 2.33. The van der Waals surface area contributed by atoms with Crippen molar-refractivity contribution in [1.82, 2.24) is 9.99 Å². The molecule has 24 heavy (non-hydrogen) atoms. The second kappa shape index (κ2) is 5.72. The maximum atomic E-state index is 11.3. The molecule has 0 saturated heterocycles. The summed E-state index contributed by atoms with van der Waals surface area (Å²) in [6.45, 7) is 4.09. The van der Waals surface area contributed by atoms with Crippen molar-refractivity contribution in [2.24, 2.45) is 11.0 Å². The number of rotatable bonds is 4. The van der Waals surface area contributed by atoms with Gasteiger partial charge in [-0.1, -0.05) is 13.8 Å². The van der Waals surface area contributed by atoms with Gasteiger partial charge in [0, 0.05) is 17.2 Å². The van der Waals surface area contributed by atoms with E-state index in [1.165, 1.54) is 24.8 Å². The molecule has 5 nitrogen and oxygen atoms in total. The lowest BCUT2D eigenvalue weighted by Crippen LogP contribution is -2.33. The van der Waals surface area contributed by atoms with Crippen LogP contribution in [0.3, 0.4) is 0 Å². The van der Waals surface area contributed by atoms with E-state index in [0.29, 0.717) is 5.92 Å². The van der Waals surface area contributed by atoms with Gasteiger partial charge in [0.2, 0.25) is 0 Å². The van der Waals surface area contributed by atoms with Crippen LogP contribution < -0.4 is 0 Å². The number of carboxylic acid groups (broad SMARTS) is 1. The first-order valence-electron chi connectivity index (χ1n) is 8.86. The van der Waals surface area contributed by atoms with Gasteiger partial charge in [-0.05, 0) is 55.7 Å². The van der Waals surface area contributed by atoms with Crippen molar-refractivity contribution in [2.75, 3.05) is 6.54 Å². The molecule has 5 heteroatoms. The third kappa shape index (κ3) is 2.62. The van der Waals surface area contributed by atoms with E-state index in [9.17, 15) is 9.90 Å². The lowest BCUT2D eigenvalue weighted by molar-refractivity contribution is -0.137. The van der Waals surface area contributed by atoms with Gasteiger partial charge in [-0.15, -0.1) is 0 Å². The van der Waals surface area contributed by atoms with Crippen LogP contribution >= 0.6 is 0 Å². The number of fused-ring (bicyclic) bond motifs is 1. The molecule has 0 amide bonds. The Hall–Kier alpha value is -2.17. The van der Waals surface area contributed by atoms with Gasteiger partial charge in [-0.2, -0.15) is 5.10 Å². The van der Waals surface area contributed by atoms with E-state index in [1.807, 2.05) is 0 Å². The highest BCUT2D eigenvalue weighted by atomic mass is 16.4. The Morgan fingerprint density at radius 1 is 1.33 bits per heavy atom. The first-order valence-corrected chi connectivity index (χ1v) is 8.86. The van der Waals surface area contributed by atoms with Gasteiger partial charge in [0.15, 0.2) is 0 Å². The minimum atomic E-state index is -0.856. The highest BCUT2D eigenvalue weighted by molar-refractivity contribution is 6.06. The van der Waals surface area contributed by atoms with Crippen LogP contribution in [0.25, 0.3) is 5.70 Å².